The van der Waals surface area contributed by atoms with Gasteiger partial charge in [-0.3, -0.25) is 4.79 Å². The molecule has 1 aliphatic rings. The Hall–Kier alpha value is -0.610. The fraction of sp³-hybridized carbons (Fsp3) is 0.900. The van der Waals surface area contributed by atoms with Crippen molar-refractivity contribution in [1.82, 2.24) is 4.90 Å². The van der Waals surface area contributed by atoms with Gasteiger partial charge in [0.1, 0.15) is 0 Å². The predicted molar refractivity (Wildman–Crippen MR) is 54.7 cm³/mol. The molecule has 0 aromatic carbocycles. The van der Waals surface area contributed by atoms with Crippen molar-refractivity contribution in [2.45, 2.75) is 32.3 Å². The van der Waals surface area contributed by atoms with Crippen LogP contribution in [-0.2, 0) is 4.79 Å². The quantitative estimate of drug-likeness (QED) is 0.671. The number of amides is 1. The number of rotatable bonds is 3. The third kappa shape index (κ3) is 3.64. The molecule has 0 aliphatic carbocycles. The summed E-state index contributed by atoms with van der Waals surface area (Å²) in [6, 6.07) is 0. The van der Waals surface area contributed by atoms with E-state index in [9.17, 15) is 9.90 Å². The van der Waals surface area contributed by atoms with Crippen molar-refractivity contribution < 1.29 is 9.90 Å². The molecule has 0 atom stereocenters. The highest BCUT2D eigenvalue weighted by Gasteiger charge is 2.26. The number of primary amides is 1. The van der Waals surface area contributed by atoms with E-state index in [0.717, 1.165) is 25.9 Å². The maximum Gasteiger partial charge on any atom is 0.220 e. The molecule has 0 radical (unpaired) electrons. The standard InChI is InChI=1S/C10H20N2O2/c1-10(2,14)7-12-5-3-8(4-6-12)9(11)13/h8,14H,3-7H2,1-2H3,(H2,11,13). The van der Waals surface area contributed by atoms with Crippen LogP contribution in [0.3, 0.4) is 0 Å². The second kappa shape index (κ2) is 4.28. The fourth-order valence-electron chi connectivity index (χ4n) is 1.92. The van der Waals surface area contributed by atoms with E-state index in [-0.39, 0.29) is 11.8 Å². The van der Waals surface area contributed by atoms with Crippen LogP contribution < -0.4 is 5.73 Å². The number of nitrogens with zero attached hydrogens (tertiary/aromatic N) is 1. The fourth-order valence-corrected chi connectivity index (χ4v) is 1.92. The van der Waals surface area contributed by atoms with Gasteiger partial charge in [0, 0.05) is 12.5 Å². The largest absolute Gasteiger partial charge is 0.389 e. The van der Waals surface area contributed by atoms with Crippen molar-refractivity contribution in [3.05, 3.63) is 0 Å². The van der Waals surface area contributed by atoms with E-state index in [0.29, 0.717) is 6.54 Å². The monoisotopic (exact) mass is 200 g/mol. The molecule has 0 aromatic heterocycles. The third-order valence-corrected chi connectivity index (χ3v) is 2.60. The summed E-state index contributed by atoms with van der Waals surface area (Å²) in [7, 11) is 0. The summed E-state index contributed by atoms with van der Waals surface area (Å²) in [5.41, 5.74) is 4.58. The molecule has 0 bridgehead atoms. The van der Waals surface area contributed by atoms with Crippen molar-refractivity contribution >= 4 is 5.91 Å². The van der Waals surface area contributed by atoms with Crippen LogP contribution in [0.2, 0.25) is 0 Å². The van der Waals surface area contributed by atoms with Crippen LogP contribution in [0.15, 0.2) is 0 Å². The highest BCUT2D eigenvalue weighted by Crippen LogP contribution is 2.18. The number of carbonyl (C=O) groups is 1. The molecule has 82 valence electrons. The second-order valence-electron chi connectivity index (χ2n) is 4.77. The number of aliphatic hydroxyl groups is 1. The zero-order valence-corrected chi connectivity index (χ0v) is 8.99. The van der Waals surface area contributed by atoms with Gasteiger partial charge in [-0.15, -0.1) is 0 Å². The molecule has 0 spiro atoms. The molecule has 0 aromatic rings. The molecule has 1 aliphatic heterocycles. The van der Waals surface area contributed by atoms with Crippen molar-refractivity contribution in [1.29, 1.82) is 0 Å². The summed E-state index contributed by atoms with van der Waals surface area (Å²) in [4.78, 5) is 13.1. The Kier molecular flexibility index (Phi) is 3.50. The molecule has 3 N–H and O–H groups in total. The molecular weight excluding hydrogens is 180 g/mol. The average Bonchev–Trinajstić information content (AvgIpc) is 2.02. The molecular formula is C10H20N2O2. The zero-order chi connectivity index (χ0) is 10.8. The van der Waals surface area contributed by atoms with Crippen LogP contribution in [0.25, 0.3) is 0 Å². The van der Waals surface area contributed by atoms with Crippen molar-refractivity contribution in [3.63, 3.8) is 0 Å². The van der Waals surface area contributed by atoms with E-state index in [1.54, 1.807) is 13.8 Å². The van der Waals surface area contributed by atoms with Gasteiger partial charge in [0.15, 0.2) is 0 Å². The van der Waals surface area contributed by atoms with Crippen molar-refractivity contribution in [2.75, 3.05) is 19.6 Å². The van der Waals surface area contributed by atoms with E-state index in [1.165, 1.54) is 0 Å². The first-order chi connectivity index (χ1) is 6.38. The first kappa shape index (κ1) is 11.5. The van der Waals surface area contributed by atoms with Gasteiger partial charge >= 0.3 is 0 Å². The summed E-state index contributed by atoms with van der Waals surface area (Å²) in [6.45, 7) is 5.98. The maximum absolute atomic E-state index is 10.9. The first-order valence-electron chi connectivity index (χ1n) is 5.12. The van der Waals surface area contributed by atoms with Gasteiger partial charge in [0.05, 0.1) is 5.60 Å². The minimum Gasteiger partial charge on any atom is -0.389 e. The number of hydrogen-bond donors (Lipinski definition) is 2. The molecule has 4 nitrogen and oxygen atoms in total. The predicted octanol–water partition coefficient (Wildman–Crippen LogP) is -0.0454. The van der Waals surface area contributed by atoms with Gasteiger partial charge in [-0.2, -0.15) is 0 Å². The number of piperidine rings is 1. The van der Waals surface area contributed by atoms with E-state index < -0.39 is 5.60 Å². The molecule has 1 fully saturated rings. The molecule has 0 saturated carbocycles. The Bertz CT molecular complexity index is 203. The lowest BCUT2D eigenvalue weighted by Gasteiger charge is -2.34. The van der Waals surface area contributed by atoms with Gasteiger partial charge in [-0.1, -0.05) is 0 Å². The van der Waals surface area contributed by atoms with E-state index in [4.69, 9.17) is 5.73 Å². The van der Waals surface area contributed by atoms with Crippen LogP contribution in [0, 0.1) is 5.92 Å². The Morgan fingerprint density at radius 2 is 2.00 bits per heavy atom. The van der Waals surface area contributed by atoms with Gasteiger partial charge < -0.3 is 15.7 Å². The van der Waals surface area contributed by atoms with E-state index in [1.807, 2.05) is 0 Å². The van der Waals surface area contributed by atoms with Crippen LogP contribution in [-0.4, -0.2) is 41.1 Å². The van der Waals surface area contributed by atoms with Crippen LogP contribution in [0.1, 0.15) is 26.7 Å². The number of carbonyl (C=O) groups excluding carboxylic acids is 1. The smallest absolute Gasteiger partial charge is 0.220 e. The van der Waals surface area contributed by atoms with Gasteiger partial charge in [0.25, 0.3) is 0 Å². The third-order valence-electron chi connectivity index (χ3n) is 2.60. The summed E-state index contributed by atoms with van der Waals surface area (Å²) >= 11 is 0. The molecule has 1 amide bonds. The van der Waals surface area contributed by atoms with E-state index >= 15 is 0 Å². The van der Waals surface area contributed by atoms with Crippen molar-refractivity contribution in [2.24, 2.45) is 11.7 Å². The van der Waals surface area contributed by atoms with Gasteiger partial charge in [0.2, 0.25) is 5.91 Å². The van der Waals surface area contributed by atoms with Crippen LogP contribution in [0.4, 0.5) is 0 Å². The molecule has 1 saturated heterocycles. The van der Waals surface area contributed by atoms with Crippen molar-refractivity contribution in [3.8, 4) is 0 Å². The summed E-state index contributed by atoms with van der Waals surface area (Å²) in [5, 5.41) is 9.61. The number of hydrogen-bond acceptors (Lipinski definition) is 3. The zero-order valence-electron chi connectivity index (χ0n) is 8.99. The van der Waals surface area contributed by atoms with E-state index in [2.05, 4.69) is 4.90 Å². The topological polar surface area (TPSA) is 66.6 Å². The Morgan fingerprint density at radius 3 is 2.36 bits per heavy atom. The number of β-amino-alcohol motifs (C(OH)–C–C–N with tert-alkyl or cyclic N) is 1. The second-order valence-corrected chi connectivity index (χ2v) is 4.77. The molecule has 1 heterocycles. The molecule has 4 heteroatoms. The van der Waals surface area contributed by atoms with Gasteiger partial charge in [-0.25, -0.2) is 0 Å². The molecule has 0 unspecified atom stereocenters. The summed E-state index contributed by atoms with van der Waals surface area (Å²) in [5.74, 6) is -0.152. The normalized spacial score (nSPS) is 21.1. The first-order valence-corrected chi connectivity index (χ1v) is 5.12. The Balaban J connectivity index is 2.33. The average molecular weight is 200 g/mol. The minimum atomic E-state index is -0.653. The summed E-state index contributed by atoms with van der Waals surface area (Å²) in [6.07, 6.45) is 1.65. The Labute approximate surface area is 85.1 Å². The van der Waals surface area contributed by atoms with Crippen LogP contribution in [0.5, 0.6) is 0 Å². The maximum atomic E-state index is 10.9. The molecule has 14 heavy (non-hydrogen) atoms. The van der Waals surface area contributed by atoms with Crippen LogP contribution >= 0.6 is 0 Å². The Morgan fingerprint density at radius 1 is 1.50 bits per heavy atom. The number of nitrogens with two attached hydrogens (primary N) is 1. The highest BCUT2D eigenvalue weighted by molar-refractivity contribution is 5.76. The SMILES string of the molecule is CC(C)(O)CN1CCC(C(N)=O)CC1. The minimum absolute atomic E-state index is 0.0352. The number of likely N-dealkylation sites (tertiary alicyclic amines) is 1. The molecule has 1 rings (SSSR count). The van der Waals surface area contributed by atoms with Gasteiger partial charge in [-0.05, 0) is 39.8 Å². The lowest BCUT2D eigenvalue weighted by atomic mass is 9.95. The summed E-state index contributed by atoms with van der Waals surface area (Å²) < 4.78 is 0. The lowest BCUT2D eigenvalue weighted by molar-refractivity contribution is -0.123. The lowest BCUT2D eigenvalue weighted by Crippen LogP contribution is -2.44. The highest BCUT2D eigenvalue weighted by atomic mass is 16.3.